The molecule has 1 heterocycles. The van der Waals surface area contributed by atoms with Crippen molar-refractivity contribution in [3.05, 3.63) is 23.8 Å². The first kappa shape index (κ1) is 17.6. The molecule has 0 N–H and O–H groups in total. The summed E-state index contributed by atoms with van der Waals surface area (Å²) in [4.78, 5) is 5.31. The van der Waals surface area contributed by atoms with Gasteiger partial charge in [-0.25, -0.2) is 0 Å². The summed E-state index contributed by atoms with van der Waals surface area (Å²) < 4.78 is 10.7. The molecule has 2 fully saturated rings. The zero-order valence-corrected chi connectivity index (χ0v) is 15.5. The summed E-state index contributed by atoms with van der Waals surface area (Å²) >= 11 is 0. The van der Waals surface area contributed by atoms with Gasteiger partial charge in [0.2, 0.25) is 0 Å². The van der Waals surface area contributed by atoms with E-state index in [1.165, 1.54) is 44.3 Å². The van der Waals surface area contributed by atoms with Gasteiger partial charge < -0.3 is 9.47 Å². The highest BCUT2D eigenvalue weighted by atomic mass is 16.5. The predicted molar refractivity (Wildman–Crippen MR) is 97.8 cm³/mol. The molecule has 1 saturated heterocycles. The minimum atomic E-state index is 0.803. The van der Waals surface area contributed by atoms with Crippen LogP contribution in [0.2, 0.25) is 0 Å². The minimum Gasteiger partial charge on any atom is -0.493 e. The molecule has 0 spiro atoms. The number of benzene rings is 1. The molecule has 1 aromatic carbocycles. The predicted octanol–water partition coefficient (Wildman–Crippen LogP) is 3.40. The molecule has 134 valence electrons. The normalized spacial score (nSPS) is 26.3. The van der Waals surface area contributed by atoms with Crippen LogP contribution in [0.25, 0.3) is 0 Å². The summed E-state index contributed by atoms with van der Waals surface area (Å²) in [6, 6.07) is 7.08. The molecule has 0 amide bonds. The van der Waals surface area contributed by atoms with Gasteiger partial charge in [-0.15, -0.1) is 0 Å². The molecule has 1 aliphatic carbocycles. The fourth-order valence-corrected chi connectivity index (χ4v) is 4.33. The number of piperazine rings is 1. The highest BCUT2D eigenvalue weighted by Gasteiger charge is 2.29. The third kappa shape index (κ3) is 4.04. The SMILES string of the molecule is COc1ccc(CN2CCN([C@@H]3CCCC[C@H]3C)CC2)cc1OC. The number of nitrogens with zero attached hydrogens (tertiary/aromatic N) is 2. The number of ether oxygens (including phenoxy) is 2. The minimum absolute atomic E-state index is 0.803. The summed E-state index contributed by atoms with van der Waals surface area (Å²) in [6.07, 6.45) is 5.66. The second kappa shape index (κ2) is 8.21. The first-order chi connectivity index (χ1) is 11.7. The van der Waals surface area contributed by atoms with Gasteiger partial charge in [0, 0.05) is 38.8 Å². The van der Waals surface area contributed by atoms with E-state index in [0.29, 0.717) is 0 Å². The molecule has 0 unspecified atom stereocenters. The largest absolute Gasteiger partial charge is 0.493 e. The van der Waals surface area contributed by atoms with Crippen molar-refractivity contribution >= 4 is 0 Å². The standard InChI is InChI=1S/C20H32N2O2/c1-16-6-4-5-7-18(16)22-12-10-21(11-13-22)15-17-8-9-19(23-2)20(14-17)24-3/h8-9,14,16,18H,4-7,10-13,15H2,1-3H3/t16-,18-/m1/s1. The Labute approximate surface area is 146 Å². The van der Waals surface area contributed by atoms with Crippen molar-refractivity contribution in [2.24, 2.45) is 5.92 Å². The van der Waals surface area contributed by atoms with Gasteiger partial charge in [0.15, 0.2) is 11.5 Å². The maximum Gasteiger partial charge on any atom is 0.161 e. The molecule has 0 bridgehead atoms. The summed E-state index contributed by atoms with van der Waals surface area (Å²) in [5.74, 6) is 2.50. The van der Waals surface area contributed by atoms with Crippen LogP contribution in [-0.4, -0.2) is 56.2 Å². The van der Waals surface area contributed by atoms with Crippen LogP contribution in [-0.2, 0) is 6.54 Å². The van der Waals surface area contributed by atoms with Gasteiger partial charge >= 0.3 is 0 Å². The van der Waals surface area contributed by atoms with Crippen molar-refractivity contribution in [1.82, 2.24) is 9.80 Å². The van der Waals surface area contributed by atoms with E-state index < -0.39 is 0 Å². The summed E-state index contributed by atoms with van der Waals surface area (Å²) in [7, 11) is 3.38. The lowest BCUT2D eigenvalue weighted by molar-refractivity contribution is 0.0518. The van der Waals surface area contributed by atoms with Crippen LogP contribution in [0.1, 0.15) is 38.2 Å². The maximum absolute atomic E-state index is 5.42. The van der Waals surface area contributed by atoms with Gasteiger partial charge in [-0.3, -0.25) is 9.80 Å². The molecule has 4 heteroatoms. The van der Waals surface area contributed by atoms with Crippen molar-refractivity contribution in [3.63, 3.8) is 0 Å². The fraction of sp³-hybridized carbons (Fsp3) is 0.700. The maximum atomic E-state index is 5.42. The van der Waals surface area contributed by atoms with E-state index in [2.05, 4.69) is 28.9 Å². The fourth-order valence-electron chi connectivity index (χ4n) is 4.33. The Bertz CT molecular complexity index is 526. The lowest BCUT2D eigenvalue weighted by atomic mass is 9.84. The van der Waals surface area contributed by atoms with Gasteiger partial charge in [-0.2, -0.15) is 0 Å². The molecule has 0 radical (unpaired) electrons. The van der Waals surface area contributed by atoms with E-state index in [9.17, 15) is 0 Å². The first-order valence-corrected chi connectivity index (χ1v) is 9.38. The molecule has 4 nitrogen and oxygen atoms in total. The molecule has 1 aliphatic heterocycles. The Morgan fingerprint density at radius 3 is 2.33 bits per heavy atom. The Balaban J connectivity index is 1.53. The second-order valence-electron chi connectivity index (χ2n) is 7.33. The molecule has 2 atom stereocenters. The average Bonchev–Trinajstić information content (AvgIpc) is 2.63. The van der Waals surface area contributed by atoms with Crippen LogP contribution in [0.5, 0.6) is 11.5 Å². The smallest absolute Gasteiger partial charge is 0.161 e. The topological polar surface area (TPSA) is 24.9 Å². The summed E-state index contributed by atoms with van der Waals surface area (Å²) in [5.41, 5.74) is 1.30. The second-order valence-corrected chi connectivity index (χ2v) is 7.33. The highest BCUT2D eigenvalue weighted by molar-refractivity contribution is 5.42. The molecule has 1 saturated carbocycles. The third-order valence-corrected chi connectivity index (χ3v) is 5.80. The number of methoxy groups -OCH3 is 2. The van der Waals surface area contributed by atoms with E-state index in [4.69, 9.17) is 9.47 Å². The molecule has 3 rings (SSSR count). The van der Waals surface area contributed by atoms with E-state index in [-0.39, 0.29) is 0 Å². The van der Waals surface area contributed by atoms with Gasteiger partial charge in [0.1, 0.15) is 0 Å². The van der Waals surface area contributed by atoms with Crippen LogP contribution < -0.4 is 9.47 Å². The van der Waals surface area contributed by atoms with Crippen LogP contribution in [0.3, 0.4) is 0 Å². The first-order valence-electron chi connectivity index (χ1n) is 9.38. The zero-order valence-electron chi connectivity index (χ0n) is 15.5. The Morgan fingerprint density at radius 1 is 0.958 bits per heavy atom. The van der Waals surface area contributed by atoms with Gasteiger partial charge in [-0.05, 0) is 36.5 Å². The molecule has 2 aliphatic rings. The van der Waals surface area contributed by atoms with Crippen LogP contribution in [0.15, 0.2) is 18.2 Å². The quantitative estimate of drug-likeness (QED) is 0.825. The molecule has 0 aromatic heterocycles. The van der Waals surface area contributed by atoms with E-state index in [1.807, 2.05) is 6.07 Å². The van der Waals surface area contributed by atoms with Crippen molar-refractivity contribution in [1.29, 1.82) is 0 Å². The van der Waals surface area contributed by atoms with Crippen molar-refractivity contribution < 1.29 is 9.47 Å². The van der Waals surface area contributed by atoms with Crippen molar-refractivity contribution in [3.8, 4) is 11.5 Å². The molecule has 24 heavy (non-hydrogen) atoms. The molecule has 1 aromatic rings. The number of rotatable bonds is 5. The van der Waals surface area contributed by atoms with Gasteiger partial charge in [-0.1, -0.05) is 25.8 Å². The number of hydrogen-bond acceptors (Lipinski definition) is 4. The van der Waals surface area contributed by atoms with Crippen molar-refractivity contribution in [2.45, 2.75) is 45.2 Å². The zero-order chi connectivity index (χ0) is 16.9. The van der Waals surface area contributed by atoms with E-state index in [1.54, 1.807) is 14.2 Å². The van der Waals surface area contributed by atoms with Crippen LogP contribution in [0, 0.1) is 5.92 Å². The summed E-state index contributed by atoms with van der Waals surface area (Å²) in [5, 5.41) is 0. The van der Waals surface area contributed by atoms with Crippen LogP contribution >= 0.6 is 0 Å². The van der Waals surface area contributed by atoms with Crippen LogP contribution in [0.4, 0.5) is 0 Å². The monoisotopic (exact) mass is 332 g/mol. The lowest BCUT2D eigenvalue weighted by Gasteiger charge is -2.43. The lowest BCUT2D eigenvalue weighted by Crippen LogP contribution is -2.52. The third-order valence-electron chi connectivity index (χ3n) is 5.80. The molecular formula is C20H32N2O2. The Hall–Kier alpha value is -1.26. The van der Waals surface area contributed by atoms with E-state index >= 15 is 0 Å². The van der Waals surface area contributed by atoms with Gasteiger partial charge in [0.05, 0.1) is 14.2 Å². The van der Waals surface area contributed by atoms with Crippen molar-refractivity contribution in [2.75, 3.05) is 40.4 Å². The Kier molecular flexibility index (Phi) is 6.01. The summed E-state index contributed by atoms with van der Waals surface area (Å²) in [6.45, 7) is 8.19. The van der Waals surface area contributed by atoms with E-state index in [0.717, 1.165) is 43.1 Å². The number of hydrogen-bond donors (Lipinski definition) is 0. The highest BCUT2D eigenvalue weighted by Crippen LogP contribution is 2.30. The molecular weight excluding hydrogens is 300 g/mol. The average molecular weight is 332 g/mol. The Morgan fingerprint density at radius 2 is 1.67 bits per heavy atom. The van der Waals surface area contributed by atoms with Gasteiger partial charge in [0.25, 0.3) is 0 Å².